The van der Waals surface area contributed by atoms with E-state index in [0.717, 1.165) is 16.6 Å². The van der Waals surface area contributed by atoms with Crippen LogP contribution in [0.3, 0.4) is 0 Å². The van der Waals surface area contributed by atoms with Gasteiger partial charge in [0.25, 0.3) is 0 Å². The van der Waals surface area contributed by atoms with Crippen LogP contribution in [0.1, 0.15) is 23.5 Å². The van der Waals surface area contributed by atoms with Gasteiger partial charge in [-0.1, -0.05) is 26.6 Å². The van der Waals surface area contributed by atoms with Crippen molar-refractivity contribution in [3.05, 3.63) is 64.2 Å². The van der Waals surface area contributed by atoms with E-state index < -0.39 is 31.7 Å². The highest BCUT2D eigenvalue weighted by atomic mass is 32.1. The number of hydrogen-bond donors (Lipinski definition) is 0. The van der Waals surface area contributed by atoms with Crippen molar-refractivity contribution in [1.82, 2.24) is 14.5 Å². The fourth-order valence-corrected chi connectivity index (χ4v) is 6.04. The van der Waals surface area contributed by atoms with Crippen LogP contribution in [0.4, 0.5) is 14.5 Å². The van der Waals surface area contributed by atoms with Crippen LogP contribution in [0.25, 0.3) is 22.3 Å². The van der Waals surface area contributed by atoms with Crippen molar-refractivity contribution in [2.75, 3.05) is 11.5 Å². The third-order valence-electron chi connectivity index (χ3n) is 6.78. The predicted molar refractivity (Wildman–Crippen MR) is 145 cm³/mol. The SMILES string of the molecule is Cc1nc(-c2cc(F)c([C@H]3[C@@H](C)C(=O)N3c3ccc4c(c3)ncn4COCC[Si](C)(C)C)c(F)c2)cs1. The van der Waals surface area contributed by atoms with Crippen LogP contribution in [0.2, 0.25) is 25.7 Å². The van der Waals surface area contributed by atoms with Gasteiger partial charge in [0, 0.05) is 36.9 Å². The van der Waals surface area contributed by atoms with Crippen molar-refractivity contribution in [2.24, 2.45) is 5.92 Å². The summed E-state index contributed by atoms with van der Waals surface area (Å²) in [7, 11) is -1.17. The first-order valence-corrected chi connectivity index (χ1v) is 16.9. The van der Waals surface area contributed by atoms with E-state index in [1.807, 2.05) is 17.6 Å². The highest BCUT2D eigenvalue weighted by molar-refractivity contribution is 7.09. The van der Waals surface area contributed by atoms with Crippen LogP contribution in [0.15, 0.2) is 42.0 Å². The third-order valence-corrected chi connectivity index (χ3v) is 9.26. The second-order valence-corrected chi connectivity index (χ2v) is 17.5. The number of β-lactam (4-membered cyclic amide) rings is 1. The number of rotatable bonds is 8. The summed E-state index contributed by atoms with van der Waals surface area (Å²) < 4.78 is 38.4. The molecular weight excluding hydrogens is 510 g/mol. The Balaban J connectivity index is 1.40. The van der Waals surface area contributed by atoms with Crippen LogP contribution >= 0.6 is 11.3 Å². The first-order chi connectivity index (χ1) is 17.5. The molecule has 1 aliphatic heterocycles. The number of hydrogen-bond acceptors (Lipinski definition) is 5. The summed E-state index contributed by atoms with van der Waals surface area (Å²) in [5, 5.41) is 2.59. The molecule has 194 valence electrons. The quantitative estimate of drug-likeness (QED) is 0.140. The Hall–Kier alpha value is -2.95. The minimum Gasteiger partial charge on any atom is -0.361 e. The molecule has 0 aliphatic carbocycles. The number of ether oxygens (including phenoxy) is 1. The maximum atomic E-state index is 15.3. The standard InChI is InChI=1S/C27H30F2N4O2SSi/c1-16-26(25-20(28)10-18(11-21(25)29)23-13-36-17(2)31-23)33(27(16)34)19-6-7-24-22(12-19)30-14-32(24)15-35-8-9-37(3,4)5/h6-7,10-14,16,26H,8-9,15H2,1-5H3/t16-,26-/m1/s1. The number of carbonyl (C=O) groups excluding carboxylic acids is 1. The number of halogens is 2. The zero-order valence-electron chi connectivity index (χ0n) is 21.6. The van der Waals surface area contributed by atoms with Gasteiger partial charge >= 0.3 is 0 Å². The number of anilines is 1. The van der Waals surface area contributed by atoms with Gasteiger partial charge in [-0.3, -0.25) is 4.79 Å². The number of imidazole rings is 1. The zero-order valence-corrected chi connectivity index (χ0v) is 23.4. The summed E-state index contributed by atoms with van der Waals surface area (Å²) in [6.07, 6.45) is 1.71. The van der Waals surface area contributed by atoms with Crippen LogP contribution in [-0.2, 0) is 16.3 Å². The molecule has 4 aromatic rings. The Kier molecular flexibility index (Phi) is 6.76. The topological polar surface area (TPSA) is 60.2 Å². The zero-order chi connectivity index (χ0) is 26.5. The van der Waals surface area contributed by atoms with E-state index >= 15 is 8.78 Å². The summed E-state index contributed by atoms with van der Waals surface area (Å²) in [4.78, 5) is 23.1. The van der Waals surface area contributed by atoms with Gasteiger partial charge in [-0.15, -0.1) is 11.3 Å². The van der Waals surface area contributed by atoms with E-state index in [1.54, 1.807) is 30.8 Å². The minimum atomic E-state index is -1.17. The number of aryl methyl sites for hydroxylation is 1. The van der Waals surface area contributed by atoms with E-state index in [4.69, 9.17) is 4.74 Å². The van der Waals surface area contributed by atoms with Crippen molar-refractivity contribution >= 4 is 42.0 Å². The Morgan fingerprint density at radius 1 is 1.14 bits per heavy atom. The first kappa shape index (κ1) is 25.7. The van der Waals surface area contributed by atoms with Crippen molar-refractivity contribution in [3.63, 3.8) is 0 Å². The Morgan fingerprint density at radius 3 is 2.51 bits per heavy atom. The number of amides is 1. The minimum absolute atomic E-state index is 0.107. The molecule has 2 aromatic heterocycles. The number of carbonyl (C=O) groups is 1. The monoisotopic (exact) mass is 540 g/mol. The summed E-state index contributed by atoms with van der Waals surface area (Å²) in [5.74, 6) is -2.10. The molecule has 1 amide bonds. The summed E-state index contributed by atoms with van der Waals surface area (Å²) >= 11 is 1.42. The molecule has 37 heavy (non-hydrogen) atoms. The lowest BCUT2D eigenvalue weighted by atomic mass is 9.82. The lowest BCUT2D eigenvalue weighted by molar-refractivity contribution is -0.129. The van der Waals surface area contributed by atoms with Crippen LogP contribution in [0.5, 0.6) is 0 Å². The number of aromatic nitrogens is 3. The average molecular weight is 541 g/mol. The van der Waals surface area contributed by atoms with Gasteiger partial charge in [-0.05, 0) is 43.3 Å². The molecule has 10 heteroatoms. The molecule has 6 nitrogen and oxygen atoms in total. The van der Waals surface area contributed by atoms with Gasteiger partial charge in [0.05, 0.1) is 40.0 Å². The van der Waals surface area contributed by atoms with Gasteiger partial charge in [-0.25, -0.2) is 18.7 Å². The molecule has 1 saturated heterocycles. The molecular formula is C27H30F2N4O2SSi. The Morgan fingerprint density at radius 2 is 1.86 bits per heavy atom. The summed E-state index contributed by atoms with van der Waals surface area (Å²) in [6, 6.07) is 8.38. The van der Waals surface area contributed by atoms with E-state index in [1.165, 1.54) is 28.4 Å². The van der Waals surface area contributed by atoms with Crippen molar-refractivity contribution in [1.29, 1.82) is 0 Å². The van der Waals surface area contributed by atoms with Gasteiger partial charge in [0.1, 0.15) is 18.4 Å². The molecule has 1 aliphatic rings. The van der Waals surface area contributed by atoms with E-state index in [9.17, 15) is 4.79 Å². The van der Waals surface area contributed by atoms with Crippen molar-refractivity contribution < 1.29 is 18.3 Å². The Bertz CT molecular complexity index is 1460. The lowest BCUT2D eigenvalue weighted by Gasteiger charge is -2.46. The lowest BCUT2D eigenvalue weighted by Crippen LogP contribution is -2.54. The molecule has 0 radical (unpaired) electrons. The van der Waals surface area contributed by atoms with Gasteiger partial charge in [0.15, 0.2) is 0 Å². The highest BCUT2D eigenvalue weighted by Crippen LogP contribution is 2.46. The van der Waals surface area contributed by atoms with E-state index in [-0.39, 0.29) is 11.5 Å². The number of fused-ring (bicyclic) bond motifs is 1. The molecule has 1 fully saturated rings. The summed E-state index contributed by atoms with van der Waals surface area (Å²) in [5.41, 5.74) is 2.92. The van der Waals surface area contributed by atoms with Crippen LogP contribution in [-0.4, -0.2) is 35.1 Å². The number of benzene rings is 2. The second-order valence-electron chi connectivity index (χ2n) is 10.8. The normalized spacial score (nSPS) is 18.0. The molecule has 0 N–H and O–H groups in total. The maximum Gasteiger partial charge on any atom is 0.232 e. The average Bonchev–Trinajstić information content (AvgIpc) is 3.45. The molecule has 0 spiro atoms. The van der Waals surface area contributed by atoms with E-state index in [0.29, 0.717) is 35.8 Å². The number of nitrogens with zero attached hydrogens (tertiary/aromatic N) is 4. The molecule has 5 rings (SSSR count). The molecule has 0 saturated carbocycles. The highest BCUT2D eigenvalue weighted by Gasteiger charge is 2.48. The predicted octanol–water partition coefficient (Wildman–Crippen LogP) is 6.78. The van der Waals surface area contributed by atoms with Crippen molar-refractivity contribution in [2.45, 2.75) is 52.3 Å². The van der Waals surface area contributed by atoms with Gasteiger partial charge in [0.2, 0.25) is 5.91 Å². The van der Waals surface area contributed by atoms with Crippen LogP contribution < -0.4 is 4.90 Å². The summed E-state index contributed by atoms with van der Waals surface area (Å²) in [6.45, 7) is 11.6. The second kappa shape index (κ2) is 9.73. The molecule has 0 bridgehead atoms. The van der Waals surface area contributed by atoms with E-state index in [2.05, 4.69) is 29.6 Å². The molecule has 2 atom stereocenters. The third kappa shape index (κ3) is 4.97. The maximum absolute atomic E-state index is 15.3. The number of thiazole rings is 1. The van der Waals surface area contributed by atoms with Crippen molar-refractivity contribution in [3.8, 4) is 11.3 Å². The largest absolute Gasteiger partial charge is 0.361 e. The fourth-order valence-electron chi connectivity index (χ4n) is 4.66. The smallest absolute Gasteiger partial charge is 0.232 e. The fraction of sp³-hybridized carbons (Fsp3) is 0.370. The molecule has 2 aromatic carbocycles. The van der Waals surface area contributed by atoms with Crippen LogP contribution in [0, 0.1) is 24.5 Å². The Labute approximate surface area is 219 Å². The molecule has 0 unspecified atom stereocenters. The first-order valence-electron chi connectivity index (χ1n) is 12.3. The van der Waals surface area contributed by atoms with Gasteiger partial charge < -0.3 is 14.2 Å². The molecule has 3 heterocycles. The van der Waals surface area contributed by atoms with Gasteiger partial charge in [-0.2, -0.15) is 0 Å².